The largest absolute Gasteiger partial charge is 0.457 e. The third-order valence-corrected chi connectivity index (χ3v) is 5.90. The fraction of sp³-hybridized carbons (Fsp3) is 0.200. The Hall–Kier alpha value is -2.64. The SMILES string of the molecule is Cc1ccc2c(COC(=O)c3cc(S(C)(=O)=O)ccc3Cl)cc(=O)oc2c1C. The molecular weight excluding hydrogens is 404 g/mol. The highest BCUT2D eigenvalue weighted by molar-refractivity contribution is 7.90. The van der Waals surface area contributed by atoms with E-state index in [0.29, 0.717) is 16.5 Å². The summed E-state index contributed by atoms with van der Waals surface area (Å²) in [6.45, 7) is 3.55. The zero-order chi connectivity index (χ0) is 20.6. The van der Waals surface area contributed by atoms with E-state index in [9.17, 15) is 18.0 Å². The molecular formula is C20H17ClO6S. The minimum atomic E-state index is -3.51. The second-order valence-corrected chi connectivity index (χ2v) is 8.89. The van der Waals surface area contributed by atoms with Gasteiger partial charge in [0.05, 0.1) is 15.5 Å². The number of sulfone groups is 1. The van der Waals surface area contributed by atoms with Crippen LogP contribution in [0.5, 0.6) is 0 Å². The quantitative estimate of drug-likeness (QED) is 0.470. The number of carbonyl (C=O) groups is 1. The molecule has 3 rings (SSSR count). The van der Waals surface area contributed by atoms with Crippen LogP contribution in [0, 0.1) is 13.8 Å². The molecule has 0 saturated heterocycles. The van der Waals surface area contributed by atoms with E-state index >= 15 is 0 Å². The minimum Gasteiger partial charge on any atom is -0.457 e. The number of aryl methyl sites for hydroxylation is 2. The summed E-state index contributed by atoms with van der Waals surface area (Å²) in [5.74, 6) is -0.791. The summed E-state index contributed by atoms with van der Waals surface area (Å²) >= 11 is 6.02. The van der Waals surface area contributed by atoms with Crippen molar-refractivity contribution in [3.63, 3.8) is 0 Å². The average molecular weight is 421 g/mol. The Balaban J connectivity index is 1.94. The molecule has 3 aromatic rings. The van der Waals surface area contributed by atoms with E-state index in [0.717, 1.165) is 17.4 Å². The van der Waals surface area contributed by atoms with Crippen LogP contribution in [0.3, 0.4) is 0 Å². The lowest BCUT2D eigenvalue weighted by Crippen LogP contribution is -2.10. The van der Waals surface area contributed by atoms with Crippen molar-refractivity contribution in [1.82, 2.24) is 0 Å². The molecule has 8 heteroatoms. The number of fused-ring (bicyclic) bond motifs is 1. The molecule has 0 aliphatic rings. The number of carbonyl (C=O) groups excluding carboxylic acids is 1. The number of ether oxygens (including phenoxy) is 1. The molecule has 28 heavy (non-hydrogen) atoms. The Morgan fingerprint density at radius 2 is 1.86 bits per heavy atom. The van der Waals surface area contributed by atoms with Crippen molar-refractivity contribution in [2.45, 2.75) is 25.3 Å². The number of esters is 1. The maximum Gasteiger partial charge on any atom is 0.340 e. The van der Waals surface area contributed by atoms with Gasteiger partial charge in [0.1, 0.15) is 12.2 Å². The summed E-state index contributed by atoms with van der Waals surface area (Å²) < 4.78 is 34.0. The van der Waals surface area contributed by atoms with Crippen LogP contribution in [0.4, 0.5) is 0 Å². The fourth-order valence-electron chi connectivity index (χ4n) is 2.76. The average Bonchev–Trinajstić information content (AvgIpc) is 2.62. The number of rotatable bonds is 4. The fourth-order valence-corrected chi connectivity index (χ4v) is 3.60. The van der Waals surface area contributed by atoms with Crippen molar-refractivity contribution in [2.75, 3.05) is 6.26 Å². The predicted octanol–water partition coefficient (Wildman–Crippen LogP) is 3.82. The highest BCUT2D eigenvalue weighted by Crippen LogP contribution is 2.25. The van der Waals surface area contributed by atoms with E-state index in [1.165, 1.54) is 24.3 Å². The van der Waals surface area contributed by atoms with Crippen LogP contribution in [0.25, 0.3) is 11.0 Å². The van der Waals surface area contributed by atoms with Gasteiger partial charge in [0.25, 0.3) is 0 Å². The van der Waals surface area contributed by atoms with Gasteiger partial charge in [-0.05, 0) is 43.2 Å². The molecule has 0 spiro atoms. The maximum atomic E-state index is 12.5. The molecule has 1 aromatic heterocycles. The number of hydrogen-bond acceptors (Lipinski definition) is 6. The maximum absolute atomic E-state index is 12.5. The van der Waals surface area contributed by atoms with E-state index in [-0.39, 0.29) is 22.1 Å². The Bertz CT molecular complexity index is 1260. The molecule has 0 fully saturated rings. The summed E-state index contributed by atoms with van der Waals surface area (Å²) in [6, 6.07) is 8.75. The van der Waals surface area contributed by atoms with Crippen LogP contribution in [-0.4, -0.2) is 20.6 Å². The van der Waals surface area contributed by atoms with E-state index in [4.69, 9.17) is 20.8 Å². The third-order valence-electron chi connectivity index (χ3n) is 4.46. The molecule has 0 atom stereocenters. The molecule has 146 valence electrons. The smallest absolute Gasteiger partial charge is 0.340 e. The molecule has 0 radical (unpaired) electrons. The molecule has 1 heterocycles. The molecule has 0 unspecified atom stereocenters. The van der Waals surface area contributed by atoms with Crippen LogP contribution in [-0.2, 0) is 21.2 Å². The summed E-state index contributed by atoms with van der Waals surface area (Å²) in [5, 5.41) is 0.729. The van der Waals surface area contributed by atoms with Gasteiger partial charge in [-0.1, -0.05) is 23.7 Å². The van der Waals surface area contributed by atoms with E-state index in [2.05, 4.69) is 0 Å². The molecule has 0 saturated carbocycles. The summed E-state index contributed by atoms with van der Waals surface area (Å²) in [6.07, 6.45) is 1.03. The van der Waals surface area contributed by atoms with Gasteiger partial charge in [0.15, 0.2) is 9.84 Å². The second kappa shape index (κ2) is 7.41. The summed E-state index contributed by atoms with van der Waals surface area (Å²) in [5.41, 5.74) is 2.10. The van der Waals surface area contributed by atoms with Gasteiger partial charge in [-0.2, -0.15) is 0 Å². The molecule has 0 aliphatic heterocycles. The van der Waals surface area contributed by atoms with Crippen LogP contribution < -0.4 is 5.63 Å². The first-order valence-corrected chi connectivity index (χ1v) is 10.5. The first-order chi connectivity index (χ1) is 13.1. The van der Waals surface area contributed by atoms with E-state index < -0.39 is 21.4 Å². The van der Waals surface area contributed by atoms with Gasteiger partial charge in [-0.15, -0.1) is 0 Å². The van der Waals surface area contributed by atoms with Gasteiger partial charge in [0, 0.05) is 23.3 Å². The topological polar surface area (TPSA) is 90.7 Å². The lowest BCUT2D eigenvalue weighted by atomic mass is 10.0. The summed E-state index contributed by atoms with van der Waals surface area (Å²) in [4.78, 5) is 24.3. The van der Waals surface area contributed by atoms with Crippen LogP contribution in [0.1, 0.15) is 27.0 Å². The zero-order valence-electron chi connectivity index (χ0n) is 15.4. The van der Waals surface area contributed by atoms with Crippen molar-refractivity contribution >= 4 is 38.4 Å². The van der Waals surface area contributed by atoms with Gasteiger partial charge < -0.3 is 9.15 Å². The number of hydrogen-bond donors (Lipinski definition) is 0. The van der Waals surface area contributed by atoms with Crippen molar-refractivity contribution < 1.29 is 22.4 Å². The molecule has 0 N–H and O–H groups in total. The van der Waals surface area contributed by atoms with Crippen molar-refractivity contribution in [3.8, 4) is 0 Å². The van der Waals surface area contributed by atoms with Crippen LogP contribution in [0.15, 0.2) is 50.5 Å². The van der Waals surface area contributed by atoms with Gasteiger partial charge in [0.2, 0.25) is 0 Å². The lowest BCUT2D eigenvalue weighted by molar-refractivity contribution is 0.0473. The van der Waals surface area contributed by atoms with Gasteiger partial charge >= 0.3 is 11.6 Å². The molecule has 0 aliphatic carbocycles. The standard InChI is InChI=1S/C20H17ClO6S/c1-11-4-6-15-13(8-18(22)27-19(15)12(11)2)10-26-20(23)16-9-14(28(3,24)25)5-7-17(16)21/h4-9H,10H2,1-3H3. The van der Waals surface area contributed by atoms with Crippen molar-refractivity contribution in [2.24, 2.45) is 0 Å². The normalized spacial score (nSPS) is 11.6. The first kappa shape index (κ1) is 20.1. The monoisotopic (exact) mass is 420 g/mol. The predicted molar refractivity (Wildman–Crippen MR) is 106 cm³/mol. The van der Waals surface area contributed by atoms with E-state index in [1.54, 1.807) is 6.07 Å². The minimum absolute atomic E-state index is 0.0410. The highest BCUT2D eigenvalue weighted by Gasteiger charge is 2.18. The second-order valence-electron chi connectivity index (χ2n) is 6.46. The highest BCUT2D eigenvalue weighted by atomic mass is 35.5. The van der Waals surface area contributed by atoms with Gasteiger partial charge in [-0.25, -0.2) is 18.0 Å². The Morgan fingerprint density at radius 1 is 1.14 bits per heavy atom. The zero-order valence-corrected chi connectivity index (χ0v) is 17.0. The third kappa shape index (κ3) is 3.95. The van der Waals surface area contributed by atoms with Gasteiger partial charge in [-0.3, -0.25) is 0 Å². The Morgan fingerprint density at radius 3 is 2.54 bits per heavy atom. The van der Waals surface area contributed by atoms with E-state index in [1.807, 2.05) is 19.9 Å². The Kier molecular flexibility index (Phi) is 5.32. The van der Waals surface area contributed by atoms with Crippen molar-refractivity contribution in [1.29, 1.82) is 0 Å². The molecule has 0 amide bonds. The molecule has 0 bridgehead atoms. The molecule has 2 aromatic carbocycles. The molecule has 6 nitrogen and oxygen atoms in total. The number of benzene rings is 2. The van der Waals surface area contributed by atoms with Crippen LogP contribution in [0.2, 0.25) is 5.02 Å². The number of halogens is 1. The van der Waals surface area contributed by atoms with Crippen LogP contribution >= 0.6 is 11.6 Å². The Labute approximate surface area is 166 Å². The summed E-state index contributed by atoms with van der Waals surface area (Å²) in [7, 11) is -3.51. The van der Waals surface area contributed by atoms with Crippen molar-refractivity contribution in [3.05, 3.63) is 74.1 Å². The lowest BCUT2D eigenvalue weighted by Gasteiger charge is -2.11. The first-order valence-electron chi connectivity index (χ1n) is 8.27.